The van der Waals surface area contributed by atoms with Gasteiger partial charge in [0.2, 0.25) is 0 Å². The number of rotatable bonds is 2. The Kier molecular flexibility index (Phi) is 3.29. The highest BCUT2D eigenvalue weighted by Crippen LogP contribution is 2.32. The maximum atomic E-state index is 6.11. The van der Waals surface area contributed by atoms with Gasteiger partial charge in [-0.25, -0.2) is 0 Å². The zero-order valence-electron chi connectivity index (χ0n) is 11.3. The zero-order chi connectivity index (χ0) is 12.6. The number of nitrogens with zero attached hydrogens (tertiary/aromatic N) is 2. The van der Waals surface area contributed by atoms with Crippen molar-refractivity contribution in [1.29, 1.82) is 0 Å². The largest absolute Gasteiger partial charge is 0.397 e. The summed E-state index contributed by atoms with van der Waals surface area (Å²) in [5.41, 5.74) is 9.51. The van der Waals surface area contributed by atoms with Crippen LogP contribution in [0.4, 0.5) is 11.4 Å². The van der Waals surface area contributed by atoms with Crippen LogP contribution in [0.2, 0.25) is 0 Å². The summed E-state index contributed by atoms with van der Waals surface area (Å²) in [4.78, 5) is 4.75. The van der Waals surface area contributed by atoms with Crippen molar-refractivity contribution >= 4 is 11.4 Å². The first-order valence-electron chi connectivity index (χ1n) is 6.27. The maximum Gasteiger partial charge on any atom is 0.0630 e. The van der Waals surface area contributed by atoms with Crippen molar-refractivity contribution in [2.75, 3.05) is 37.8 Å². The first kappa shape index (κ1) is 12.2. The van der Waals surface area contributed by atoms with Gasteiger partial charge in [-0.3, -0.25) is 0 Å². The number of likely N-dealkylation sites (N-methyl/N-ethyl adjacent to an activating group) is 1. The predicted octanol–water partition coefficient (Wildman–Crippen LogP) is 1.96. The van der Waals surface area contributed by atoms with Gasteiger partial charge in [0, 0.05) is 19.1 Å². The van der Waals surface area contributed by atoms with Crippen molar-refractivity contribution in [1.82, 2.24) is 4.90 Å². The van der Waals surface area contributed by atoms with E-state index in [0.29, 0.717) is 12.0 Å². The normalized spacial score (nSPS) is 24.6. The van der Waals surface area contributed by atoms with E-state index in [1.165, 1.54) is 11.3 Å². The minimum Gasteiger partial charge on any atom is -0.397 e. The fraction of sp³-hybridized carbons (Fsp3) is 0.571. The number of nitrogens with two attached hydrogens (primary N) is 1. The van der Waals surface area contributed by atoms with Gasteiger partial charge in [-0.05, 0) is 38.6 Å². The Balaban J connectivity index is 2.26. The Hall–Kier alpha value is -1.22. The minimum atomic E-state index is 0.619. The molecule has 0 bridgehead atoms. The third-order valence-electron chi connectivity index (χ3n) is 3.82. The molecule has 2 unspecified atom stereocenters. The topological polar surface area (TPSA) is 32.5 Å². The number of benzene rings is 1. The van der Waals surface area contributed by atoms with Crippen LogP contribution >= 0.6 is 0 Å². The molecule has 2 N–H and O–H groups in total. The van der Waals surface area contributed by atoms with E-state index >= 15 is 0 Å². The average Bonchev–Trinajstić information content (AvgIpc) is 2.60. The van der Waals surface area contributed by atoms with Crippen LogP contribution in [0.1, 0.15) is 12.5 Å². The summed E-state index contributed by atoms with van der Waals surface area (Å²) in [7, 11) is 4.32. The minimum absolute atomic E-state index is 0.619. The third kappa shape index (κ3) is 2.25. The molecule has 17 heavy (non-hydrogen) atoms. The zero-order valence-corrected chi connectivity index (χ0v) is 11.3. The van der Waals surface area contributed by atoms with Gasteiger partial charge in [-0.1, -0.05) is 19.1 Å². The molecule has 3 heteroatoms. The van der Waals surface area contributed by atoms with Crippen LogP contribution in [0.25, 0.3) is 0 Å². The summed E-state index contributed by atoms with van der Waals surface area (Å²) in [5, 5.41) is 0. The van der Waals surface area contributed by atoms with E-state index in [4.69, 9.17) is 5.73 Å². The van der Waals surface area contributed by atoms with Crippen molar-refractivity contribution in [3.05, 3.63) is 23.8 Å². The average molecular weight is 233 g/mol. The Labute approximate surface area is 104 Å². The molecule has 1 aliphatic rings. The summed E-state index contributed by atoms with van der Waals surface area (Å²) < 4.78 is 0. The second kappa shape index (κ2) is 4.57. The molecule has 1 aromatic rings. The summed E-state index contributed by atoms with van der Waals surface area (Å²) in [6.45, 7) is 6.62. The molecule has 1 saturated heterocycles. The summed E-state index contributed by atoms with van der Waals surface area (Å²) in [6.07, 6.45) is 0. The molecule has 0 spiro atoms. The molecule has 0 amide bonds. The molecular weight excluding hydrogens is 210 g/mol. The van der Waals surface area contributed by atoms with Gasteiger partial charge in [0.25, 0.3) is 0 Å². The van der Waals surface area contributed by atoms with Crippen molar-refractivity contribution in [3.8, 4) is 0 Å². The van der Waals surface area contributed by atoms with Crippen LogP contribution in [0.5, 0.6) is 0 Å². The smallest absolute Gasteiger partial charge is 0.0630 e. The predicted molar refractivity (Wildman–Crippen MR) is 74.4 cm³/mol. The van der Waals surface area contributed by atoms with Gasteiger partial charge in [0.05, 0.1) is 11.4 Å². The molecule has 1 aromatic carbocycles. The van der Waals surface area contributed by atoms with Gasteiger partial charge in [0.1, 0.15) is 0 Å². The summed E-state index contributed by atoms with van der Waals surface area (Å²) >= 11 is 0. The lowest BCUT2D eigenvalue weighted by atomic mass is 10.1. The Morgan fingerprint density at radius 3 is 2.53 bits per heavy atom. The van der Waals surface area contributed by atoms with Crippen LogP contribution < -0.4 is 10.6 Å². The highest BCUT2D eigenvalue weighted by atomic mass is 15.2. The van der Waals surface area contributed by atoms with Gasteiger partial charge in [-0.15, -0.1) is 0 Å². The van der Waals surface area contributed by atoms with Gasteiger partial charge < -0.3 is 15.5 Å². The highest BCUT2D eigenvalue weighted by molar-refractivity contribution is 5.71. The number of anilines is 2. The van der Waals surface area contributed by atoms with Crippen molar-refractivity contribution in [2.24, 2.45) is 5.92 Å². The summed E-state index contributed by atoms with van der Waals surface area (Å²) in [5.74, 6) is 0.684. The Bertz CT molecular complexity index is 380. The number of hydrogen-bond acceptors (Lipinski definition) is 3. The first-order chi connectivity index (χ1) is 8.00. The van der Waals surface area contributed by atoms with Gasteiger partial charge in [-0.2, -0.15) is 0 Å². The lowest BCUT2D eigenvalue weighted by Gasteiger charge is -2.24. The Morgan fingerprint density at radius 1 is 1.29 bits per heavy atom. The van der Waals surface area contributed by atoms with Crippen LogP contribution in [0.15, 0.2) is 18.2 Å². The fourth-order valence-corrected chi connectivity index (χ4v) is 2.92. The molecular formula is C14H23N3. The van der Waals surface area contributed by atoms with E-state index in [9.17, 15) is 0 Å². The fourth-order valence-electron chi connectivity index (χ4n) is 2.92. The second-order valence-electron chi connectivity index (χ2n) is 5.43. The molecule has 1 heterocycles. The lowest BCUT2D eigenvalue weighted by Crippen LogP contribution is -2.34. The highest BCUT2D eigenvalue weighted by Gasteiger charge is 2.32. The molecule has 2 rings (SSSR count). The summed E-state index contributed by atoms with van der Waals surface area (Å²) in [6, 6.07) is 6.78. The van der Waals surface area contributed by atoms with E-state index in [1.807, 2.05) is 12.1 Å². The molecule has 1 aliphatic heterocycles. The molecule has 3 nitrogen and oxygen atoms in total. The third-order valence-corrected chi connectivity index (χ3v) is 3.82. The molecule has 2 atom stereocenters. The van der Waals surface area contributed by atoms with Crippen LogP contribution in [0, 0.1) is 12.8 Å². The van der Waals surface area contributed by atoms with E-state index < -0.39 is 0 Å². The van der Waals surface area contributed by atoms with Crippen molar-refractivity contribution in [3.63, 3.8) is 0 Å². The molecule has 0 saturated carbocycles. The van der Waals surface area contributed by atoms with Crippen LogP contribution in [-0.2, 0) is 0 Å². The van der Waals surface area contributed by atoms with Gasteiger partial charge >= 0.3 is 0 Å². The maximum absolute atomic E-state index is 6.11. The first-order valence-corrected chi connectivity index (χ1v) is 6.27. The molecule has 1 fully saturated rings. The van der Waals surface area contributed by atoms with E-state index in [1.54, 1.807) is 0 Å². The molecule has 0 aliphatic carbocycles. The number of aryl methyl sites for hydroxylation is 1. The number of hydrogen-bond donors (Lipinski definition) is 1. The monoisotopic (exact) mass is 233 g/mol. The molecule has 94 valence electrons. The SMILES string of the molecule is Cc1cccc(N)c1N1CC(C)C(N(C)C)C1. The van der Waals surface area contributed by atoms with Crippen LogP contribution in [0.3, 0.4) is 0 Å². The second-order valence-corrected chi connectivity index (χ2v) is 5.43. The van der Waals surface area contributed by atoms with E-state index in [2.05, 4.69) is 43.8 Å². The standard InChI is InChI=1S/C14H23N3/c1-10-6-5-7-12(15)14(10)17-8-11(2)13(9-17)16(3)4/h5-7,11,13H,8-9,15H2,1-4H3. The molecule has 0 radical (unpaired) electrons. The van der Waals surface area contributed by atoms with E-state index in [-0.39, 0.29) is 0 Å². The lowest BCUT2D eigenvalue weighted by molar-refractivity contribution is 0.266. The van der Waals surface area contributed by atoms with Crippen molar-refractivity contribution in [2.45, 2.75) is 19.9 Å². The van der Waals surface area contributed by atoms with E-state index in [0.717, 1.165) is 18.8 Å². The number of nitrogen functional groups attached to an aromatic ring is 1. The van der Waals surface area contributed by atoms with Crippen molar-refractivity contribution < 1.29 is 0 Å². The molecule has 0 aromatic heterocycles. The number of para-hydroxylation sites is 1. The van der Waals surface area contributed by atoms with Crippen LogP contribution in [-0.4, -0.2) is 38.1 Å². The van der Waals surface area contributed by atoms with Gasteiger partial charge in [0.15, 0.2) is 0 Å². The Morgan fingerprint density at radius 2 is 2.00 bits per heavy atom. The quantitative estimate of drug-likeness (QED) is 0.793.